The van der Waals surface area contributed by atoms with E-state index in [4.69, 9.17) is 5.26 Å². The standard InChI is InChI=1S/C11H10F3N2O4P/c1-18-21(17,19-2)11(12,13)10(20-14)16-9-5-3-8(7-15)4-6-9/h3-6H,1-2H3. The molecule has 0 aliphatic carbocycles. The smallest absolute Gasteiger partial charge is 0.307 e. The number of benzene rings is 1. The summed E-state index contributed by atoms with van der Waals surface area (Å²) in [6.07, 6.45) is 0. The average molecular weight is 322 g/mol. The molecule has 0 bridgehead atoms. The van der Waals surface area contributed by atoms with Crippen LogP contribution in [0.1, 0.15) is 5.56 Å². The lowest BCUT2D eigenvalue weighted by Crippen LogP contribution is -2.30. The van der Waals surface area contributed by atoms with Crippen LogP contribution in [0.5, 0.6) is 0 Å². The summed E-state index contributed by atoms with van der Waals surface area (Å²) in [5.41, 5.74) is -4.32. The monoisotopic (exact) mass is 322 g/mol. The number of nitriles is 1. The Morgan fingerprint density at radius 2 is 1.81 bits per heavy atom. The molecule has 0 atom stereocenters. The molecule has 0 amide bonds. The Labute approximate surface area is 118 Å². The zero-order valence-electron chi connectivity index (χ0n) is 10.9. The minimum atomic E-state index is -4.99. The Morgan fingerprint density at radius 3 is 2.19 bits per heavy atom. The van der Waals surface area contributed by atoms with Gasteiger partial charge in [0.25, 0.3) is 0 Å². The van der Waals surface area contributed by atoms with Gasteiger partial charge in [-0.05, 0) is 24.3 Å². The molecule has 0 N–H and O–H groups in total. The van der Waals surface area contributed by atoms with Crippen molar-refractivity contribution in [3.05, 3.63) is 29.8 Å². The van der Waals surface area contributed by atoms with E-state index in [-0.39, 0.29) is 11.3 Å². The molecule has 1 aromatic rings. The van der Waals surface area contributed by atoms with Gasteiger partial charge in [0.1, 0.15) is 0 Å². The summed E-state index contributed by atoms with van der Waals surface area (Å²) in [4.78, 5) is 6.24. The van der Waals surface area contributed by atoms with Crippen LogP contribution in [-0.2, 0) is 18.6 Å². The largest absolute Gasteiger partial charge is 0.423 e. The third-order valence-corrected chi connectivity index (χ3v) is 4.22. The van der Waals surface area contributed by atoms with Crippen molar-refractivity contribution in [1.29, 1.82) is 5.26 Å². The molecule has 1 rings (SSSR count). The topological polar surface area (TPSA) is 80.9 Å². The summed E-state index contributed by atoms with van der Waals surface area (Å²) in [5.74, 6) is -1.78. The number of hydrogen-bond donors (Lipinski definition) is 0. The Balaban J connectivity index is 3.25. The fourth-order valence-electron chi connectivity index (χ4n) is 1.28. The van der Waals surface area contributed by atoms with E-state index in [2.05, 4.69) is 19.0 Å². The van der Waals surface area contributed by atoms with E-state index in [9.17, 15) is 17.9 Å². The lowest BCUT2D eigenvalue weighted by molar-refractivity contribution is -0.0540. The third-order valence-electron chi connectivity index (χ3n) is 2.38. The SMILES string of the molecule is COP(=O)(OC)C(F)(F)C(=Nc1ccc(C#N)cc1)OF. The number of nitrogens with zero attached hydrogens (tertiary/aromatic N) is 2. The van der Waals surface area contributed by atoms with Gasteiger partial charge in [0.2, 0.25) is 0 Å². The molecule has 0 aliphatic heterocycles. The van der Waals surface area contributed by atoms with Crippen LogP contribution in [0.25, 0.3) is 0 Å². The van der Waals surface area contributed by atoms with Crippen LogP contribution in [0.3, 0.4) is 0 Å². The maximum absolute atomic E-state index is 13.9. The van der Waals surface area contributed by atoms with Gasteiger partial charge in [0, 0.05) is 18.7 Å². The fraction of sp³-hybridized carbons (Fsp3) is 0.273. The first kappa shape index (κ1) is 17.2. The molecule has 21 heavy (non-hydrogen) atoms. The second-order valence-corrected chi connectivity index (χ2v) is 5.84. The minimum Gasteiger partial charge on any atom is -0.307 e. The van der Waals surface area contributed by atoms with E-state index in [0.29, 0.717) is 0 Å². The molecule has 10 heteroatoms. The molecule has 1 aromatic carbocycles. The lowest BCUT2D eigenvalue weighted by Gasteiger charge is -2.22. The van der Waals surface area contributed by atoms with Crippen molar-refractivity contribution in [2.45, 2.75) is 5.66 Å². The van der Waals surface area contributed by atoms with Gasteiger partial charge in [-0.2, -0.15) is 14.0 Å². The van der Waals surface area contributed by atoms with Crippen LogP contribution in [0, 0.1) is 11.3 Å². The number of rotatable bonds is 5. The Hall–Kier alpha value is -1.88. The van der Waals surface area contributed by atoms with Crippen LogP contribution in [-0.4, -0.2) is 25.8 Å². The Bertz CT molecular complexity index is 605. The number of hydrogen-bond acceptors (Lipinski definition) is 6. The van der Waals surface area contributed by atoms with Crippen molar-refractivity contribution < 1.29 is 31.9 Å². The minimum absolute atomic E-state index is 0.139. The van der Waals surface area contributed by atoms with Crippen LogP contribution in [0.2, 0.25) is 0 Å². The van der Waals surface area contributed by atoms with Crippen LogP contribution >= 0.6 is 7.60 Å². The van der Waals surface area contributed by atoms with Gasteiger partial charge < -0.3 is 9.05 Å². The van der Waals surface area contributed by atoms with Crippen molar-refractivity contribution in [2.24, 2.45) is 4.99 Å². The van der Waals surface area contributed by atoms with Gasteiger partial charge in [-0.15, -0.1) is 0 Å². The molecular weight excluding hydrogens is 312 g/mol. The van der Waals surface area contributed by atoms with Gasteiger partial charge in [-0.25, -0.2) is 4.99 Å². The summed E-state index contributed by atoms with van der Waals surface area (Å²) in [5, 5.41) is 8.60. The quantitative estimate of drug-likeness (QED) is 0.470. The van der Waals surface area contributed by atoms with Gasteiger partial charge in [0.15, 0.2) is 0 Å². The predicted octanol–water partition coefficient (Wildman–Crippen LogP) is 3.57. The van der Waals surface area contributed by atoms with E-state index in [1.54, 1.807) is 0 Å². The molecule has 0 saturated carbocycles. The molecule has 0 unspecified atom stereocenters. The number of aliphatic imine (C=N–C) groups is 1. The highest BCUT2D eigenvalue weighted by Crippen LogP contribution is 2.61. The normalized spacial score (nSPS) is 12.9. The molecule has 0 radical (unpaired) electrons. The highest BCUT2D eigenvalue weighted by atomic mass is 31.2. The van der Waals surface area contributed by atoms with E-state index in [1.165, 1.54) is 24.3 Å². The Morgan fingerprint density at radius 1 is 1.29 bits per heavy atom. The molecule has 0 saturated heterocycles. The maximum Gasteiger partial charge on any atom is 0.423 e. The van der Waals surface area contributed by atoms with Crippen molar-refractivity contribution in [2.75, 3.05) is 14.2 Å². The molecule has 0 fully saturated rings. The van der Waals surface area contributed by atoms with Crippen LogP contribution in [0.15, 0.2) is 29.3 Å². The van der Waals surface area contributed by atoms with Crippen LogP contribution in [0.4, 0.5) is 19.0 Å². The average Bonchev–Trinajstić information content (AvgIpc) is 2.51. The van der Waals surface area contributed by atoms with E-state index >= 15 is 0 Å². The summed E-state index contributed by atoms with van der Waals surface area (Å²) in [7, 11) is -3.55. The first-order chi connectivity index (χ1) is 9.84. The zero-order valence-corrected chi connectivity index (χ0v) is 11.8. The fourth-order valence-corrected chi connectivity index (χ4v) is 2.21. The molecule has 0 aromatic heterocycles. The Kier molecular flexibility index (Phi) is 5.49. The van der Waals surface area contributed by atoms with Gasteiger partial charge in [0.05, 0.1) is 17.3 Å². The first-order valence-electron chi connectivity index (χ1n) is 5.32. The highest BCUT2D eigenvalue weighted by Gasteiger charge is 2.59. The zero-order chi connectivity index (χ0) is 16.1. The van der Waals surface area contributed by atoms with Gasteiger partial charge in [-0.1, -0.05) is 0 Å². The molecule has 0 spiro atoms. The van der Waals surface area contributed by atoms with E-state index in [1.807, 2.05) is 6.07 Å². The summed E-state index contributed by atoms with van der Waals surface area (Å²) >= 11 is 0. The van der Waals surface area contributed by atoms with Crippen molar-refractivity contribution in [3.63, 3.8) is 0 Å². The van der Waals surface area contributed by atoms with Crippen LogP contribution < -0.4 is 0 Å². The van der Waals surface area contributed by atoms with E-state index in [0.717, 1.165) is 14.2 Å². The second-order valence-electron chi connectivity index (χ2n) is 3.56. The summed E-state index contributed by atoms with van der Waals surface area (Å²) in [6.45, 7) is 0. The van der Waals surface area contributed by atoms with Gasteiger partial charge >= 0.3 is 19.2 Å². The second kappa shape index (κ2) is 6.72. The predicted molar refractivity (Wildman–Crippen MR) is 67.0 cm³/mol. The maximum atomic E-state index is 13.9. The number of halogens is 3. The molecule has 0 aliphatic rings. The summed E-state index contributed by atoms with van der Waals surface area (Å²) in [6, 6.07) is 6.72. The summed E-state index contributed by atoms with van der Waals surface area (Å²) < 4.78 is 60.1. The first-order valence-corrected chi connectivity index (χ1v) is 6.86. The number of alkyl halides is 2. The third kappa shape index (κ3) is 3.42. The van der Waals surface area contributed by atoms with Gasteiger partial charge in [-0.3, -0.25) is 9.51 Å². The van der Waals surface area contributed by atoms with Crippen molar-refractivity contribution in [3.8, 4) is 6.07 Å². The lowest BCUT2D eigenvalue weighted by atomic mass is 10.2. The molecule has 0 heterocycles. The van der Waals surface area contributed by atoms with Crippen molar-refractivity contribution >= 4 is 19.2 Å². The van der Waals surface area contributed by atoms with Crippen molar-refractivity contribution in [1.82, 2.24) is 0 Å². The highest BCUT2D eigenvalue weighted by molar-refractivity contribution is 7.56. The van der Waals surface area contributed by atoms with E-state index < -0.39 is 19.2 Å². The molecular formula is C11H10F3N2O4P. The molecule has 6 nitrogen and oxygen atoms in total. The molecule has 114 valence electrons.